The zero-order chi connectivity index (χ0) is 22.7. The lowest BCUT2D eigenvalue weighted by Crippen LogP contribution is -2.44. The van der Waals surface area contributed by atoms with Crippen LogP contribution in [-0.2, 0) is 16.6 Å². The number of hydrogen-bond acceptors (Lipinski definition) is 6. The van der Waals surface area contributed by atoms with Crippen molar-refractivity contribution >= 4 is 10.0 Å². The molecule has 1 aromatic heterocycles. The van der Waals surface area contributed by atoms with Crippen molar-refractivity contribution in [1.82, 2.24) is 24.5 Å². The molecule has 0 bridgehead atoms. The lowest BCUT2D eigenvalue weighted by molar-refractivity contribution is 0.184. The number of hydrogen-bond donors (Lipinski definition) is 0. The fourth-order valence-electron chi connectivity index (χ4n) is 4.31. The zero-order valence-corrected chi connectivity index (χ0v) is 18.9. The van der Waals surface area contributed by atoms with Crippen LogP contribution in [0.3, 0.4) is 0 Å². The molecule has 2 atom stereocenters. The second-order valence-electron chi connectivity index (χ2n) is 8.06. The minimum absolute atomic E-state index is 0.0267. The molecule has 1 saturated carbocycles. The number of benzene rings is 2. The number of methoxy groups -OCH3 is 1. The maximum absolute atomic E-state index is 14.5. The summed E-state index contributed by atoms with van der Waals surface area (Å²) in [5, 5.41) is 11.1. The Morgan fingerprint density at radius 2 is 1.97 bits per heavy atom. The summed E-state index contributed by atoms with van der Waals surface area (Å²) >= 11 is 0. The van der Waals surface area contributed by atoms with Gasteiger partial charge in [0, 0.05) is 24.2 Å². The van der Waals surface area contributed by atoms with Crippen LogP contribution in [0.1, 0.15) is 38.2 Å². The molecular formula is C22H26FN5O3S. The van der Waals surface area contributed by atoms with Crippen molar-refractivity contribution < 1.29 is 17.5 Å². The van der Waals surface area contributed by atoms with Crippen molar-refractivity contribution in [1.29, 1.82) is 0 Å². The lowest BCUT2D eigenvalue weighted by Gasteiger charge is -2.38. The Hall–Kier alpha value is -2.85. The van der Waals surface area contributed by atoms with Gasteiger partial charge < -0.3 is 4.74 Å². The van der Waals surface area contributed by atoms with E-state index in [1.165, 1.54) is 40.6 Å². The van der Waals surface area contributed by atoms with Gasteiger partial charge in [0.2, 0.25) is 10.0 Å². The van der Waals surface area contributed by atoms with Crippen LogP contribution >= 0.6 is 0 Å². The normalized spacial score (nSPS) is 19.2. The number of halogens is 1. The third-order valence-electron chi connectivity index (χ3n) is 6.07. The predicted molar refractivity (Wildman–Crippen MR) is 116 cm³/mol. The van der Waals surface area contributed by atoms with E-state index < -0.39 is 15.8 Å². The standard InChI is InChI=1S/C22H26FN5O3S/c1-16-7-3-6-10-20(16)28(14-17-8-4-5-9-19(17)23)32(29,30)18-11-12-21(22(13-18)31-2)27-15-24-25-26-27/h4-5,8-9,11-13,15-16,20H,3,6-7,10,14H2,1-2H3/t16-,20-/m0/s1. The minimum atomic E-state index is -3.94. The second kappa shape index (κ2) is 9.33. The first-order chi connectivity index (χ1) is 15.4. The first kappa shape index (κ1) is 22.3. The Morgan fingerprint density at radius 1 is 1.19 bits per heavy atom. The molecule has 2 aromatic carbocycles. The SMILES string of the molecule is COc1cc(S(=O)(=O)N(Cc2ccccc2F)[C@H]2CCCC[C@@H]2C)ccc1-n1cnnn1. The third-order valence-corrected chi connectivity index (χ3v) is 7.94. The summed E-state index contributed by atoms with van der Waals surface area (Å²) < 4.78 is 50.5. The Balaban J connectivity index is 1.76. The fourth-order valence-corrected chi connectivity index (χ4v) is 6.06. The van der Waals surface area contributed by atoms with E-state index in [0.29, 0.717) is 17.0 Å². The topological polar surface area (TPSA) is 90.2 Å². The van der Waals surface area contributed by atoms with Crippen molar-refractivity contribution in [2.24, 2.45) is 5.92 Å². The summed E-state index contributed by atoms with van der Waals surface area (Å²) in [5.41, 5.74) is 0.870. The second-order valence-corrected chi connectivity index (χ2v) is 9.95. The van der Waals surface area contributed by atoms with Gasteiger partial charge in [0.15, 0.2) is 0 Å². The van der Waals surface area contributed by atoms with Crippen LogP contribution in [0.4, 0.5) is 4.39 Å². The number of aromatic nitrogens is 4. The molecule has 0 amide bonds. The summed E-state index contributed by atoms with van der Waals surface area (Å²) in [4.78, 5) is 0.0836. The predicted octanol–water partition coefficient (Wildman–Crippen LogP) is 3.58. The largest absolute Gasteiger partial charge is 0.494 e. The molecule has 170 valence electrons. The molecule has 3 aromatic rings. The van der Waals surface area contributed by atoms with Crippen molar-refractivity contribution in [2.45, 2.75) is 50.1 Å². The summed E-state index contributed by atoms with van der Waals surface area (Å²) in [6.45, 7) is 2.04. The molecule has 0 spiro atoms. The molecular weight excluding hydrogens is 433 g/mol. The van der Waals surface area contributed by atoms with E-state index in [4.69, 9.17) is 4.74 Å². The molecule has 0 aliphatic heterocycles. The molecule has 10 heteroatoms. The van der Waals surface area contributed by atoms with Gasteiger partial charge in [-0.05, 0) is 47.4 Å². The molecule has 1 aliphatic carbocycles. The molecule has 4 rings (SSSR count). The third kappa shape index (κ3) is 4.37. The van der Waals surface area contributed by atoms with E-state index in [9.17, 15) is 12.8 Å². The van der Waals surface area contributed by atoms with E-state index >= 15 is 0 Å². The van der Waals surface area contributed by atoms with E-state index in [2.05, 4.69) is 22.4 Å². The number of rotatable bonds is 7. The average Bonchev–Trinajstić information content (AvgIpc) is 3.33. The number of sulfonamides is 1. The first-order valence-electron chi connectivity index (χ1n) is 10.6. The Bertz CT molecular complexity index is 1170. The fraction of sp³-hybridized carbons (Fsp3) is 0.409. The summed E-state index contributed by atoms with van der Waals surface area (Å²) in [7, 11) is -2.48. The maximum atomic E-state index is 14.5. The van der Waals surface area contributed by atoms with Gasteiger partial charge in [-0.3, -0.25) is 0 Å². The van der Waals surface area contributed by atoms with Crippen LogP contribution in [0.5, 0.6) is 5.75 Å². The lowest BCUT2D eigenvalue weighted by atomic mass is 9.86. The maximum Gasteiger partial charge on any atom is 0.243 e. The van der Waals surface area contributed by atoms with E-state index in [0.717, 1.165) is 25.7 Å². The molecule has 32 heavy (non-hydrogen) atoms. The molecule has 1 aliphatic rings. The number of tetrazole rings is 1. The van der Waals surface area contributed by atoms with Gasteiger partial charge in [0.25, 0.3) is 0 Å². The van der Waals surface area contributed by atoms with Gasteiger partial charge >= 0.3 is 0 Å². The van der Waals surface area contributed by atoms with Gasteiger partial charge in [-0.2, -0.15) is 8.99 Å². The highest BCUT2D eigenvalue weighted by molar-refractivity contribution is 7.89. The average molecular weight is 460 g/mol. The monoisotopic (exact) mass is 459 g/mol. The summed E-state index contributed by atoms with van der Waals surface area (Å²) in [6, 6.07) is 10.7. The molecule has 1 heterocycles. The summed E-state index contributed by atoms with van der Waals surface area (Å²) in [5.74, 6) is 0.0800. The van der Waals surface area contributed by atoms with Crippen molar-refractivity contribution in [3.8, 4) is 11.4 Å². The zero-order valence-electron chi connectivity index (χ0n) is 18.1. The number of ether oxygens (including phenoxy) is 1. The van der Waals surface area contributed by atoms with E-state index in [1.54, 1.807) is 24.3 Å². The number of nitrogens with zero attached hydrogens (tertiary/aromatic N) is 5. The van der Waals surface area contributed by atoms with Gasteiger partial charge in [-0.15, -0.1) is 5.10 Å². The van der Waals surface area contributed by atoms with Gasteiger partial charge in [0.05, 0.1) is 12.0 Å². The molecule has 0 saturated heterocycles. The van der Waals surface area contributed by atoms with E-state index in [-0.39, 0.29) is 23.4 Å². The van der Waals surface area contributed by atoms with Crippen molar-refractivity contribution in [3.63, 3.8) is 0 Å². The quantitative estimate of drug-likeness (QED) is 0.536. The Kier molecular flexibility index (Phi) is 6.52. The molecule has 0 N–H and O–H groups in total. The smallest absolute Gasteiger partial charge is 0.243 e. The van der Waals surface area contributed by atoms with Crippen molar-refractivity contribution in [2.75, 3.05) is 7.11 Å². The van der Waals surface area contributed by atoms with Crippen LogP contribution in [-0.4, -0.2) is 46.1 Å². The molecule has 0 unspecified atom stereocenters. The Labute approximate surface area is 187 Å². The van der Waals surface area contributed by atoms with Crippen LogP contribution in [0.25, 0.3) is 5.69 Å². The highest BCUT2D eigenvalue weighted by Gasteiger charge is 2.36. The molecule has 0 radical (unpaired) electrons. The van der Waals surface area contributed by atoms with E-state index in [1.807, 2.05) is 0 Å². The van der Waals surface area contributed by atoms with Crippen molar-refractivity contribution in [3.05, 3.63) is 60.2 Å². The van der Waals surface area contributed by atoms with Crippen LogP contribution in [0.2, 0.25) is 0 Å². The van der Waals surface area contributed by atoms with Crippen LogP contribution in [0, 0.1) is 11.7 Å². The first-order valence-corrected chi connectivity index (χ1v) is 12.0. The Morgan fingerprint density at radius 3 is 2.66 bits per heavy atom. The summed E-state index contributed by atoms with van der Waals surface area (Å²) in [6.07, 6.45) is 5.10. The van der Waals surface area contributed by atoms with Crippen LogP contribution in [0.15, 0.2) is 53.7 Å². The van der Waals surface area contributed by atoms with Gasteiger partial charge in [-0.1, -0.05) is 38.0 Å². The molecule has 1 fully saturated rings. The van der Waals surface area contributed by atoms with Crippen LogP contribution < -0.4 is 4.74 Å². The highest BCUT2D eigenvalue weighted by Crippen LogP contribution is 2.35. The highest BCUT2D eigenvalue weighted by atomic mass is 32.2. The minimum Gasteiger partial charge on any atom is -0.494 e. The van der Waals surface area contributed by atoms with Gasteiger partial charge in [-0.25, -0.2) is 12.8 Å². The van der Waals surface area contributed by atoms with Gasteiger partial charge in [0.1, 0.15) is 23.6 Å². The molecule has 8 nitrogen and oxygen atoms in total.